The molecule has 25 heavy (non-hydrogen) atoms. The lowest BCUT2D eigenvalue weighted by Crippen LogP contribution is -2.17. The summed E-state index contributed by atoms with van der Waals surface area (Å²) in [5.74, 6) is -0.188. The average Bonchev–Trinajstić information content (AvgIpc) is 2.57. The Balaban J connectivity index is 0.00000151. The molecule has 0 unspecified atom stereocenters. The second-order valence-corrected chi connectivity index (χ2v) is 5.56. The lowest BCUT2D eigenvalue weighted by Gasteiger charge is -2.09. The van der Waals surface area contributed by atoms with Crippen molar-refractivity contribution in [2.24, 2.45) is 10.9 Å². The van der Waals surface area contributed by atoms with Gasteiger partial charge >= 0.3 is 6.18 Å². The number of aromatic nitrogens is 1. The number of oxime groups is 1. The Morgan fingerprint density at radius 2 is 1.84 bits per heavy atom. The zero-order valence-electron chi connectivity index (χ0n) is 13.4. The minimum Gasteiger partial charge on any atom is -0.399 e. The molecule has 0 saturated carbocycles. The van der Waals surface area contributed by atoms with E-state index in [1.165, 1.54) is 0 Å². The number of alkyl halides is 3. The Morgan fingerprint density at radius 1 is 1.24 bits per heavy atom. The molecule has 0 amide bonds. The normalized spacial score (nSPS) is 11.5. The third-order valence-corrected chi connectivity index (χ3v) is 3.54. The molecule has 0 atom stereocenters. The fourth-order valence-electron chi connectivity index (χ4n) is 1.47. The fraction of sp³-hybridized carbons (Fsp3) is 0.200. The highest BCUT2D eigenvalue weighted by atomic mass is 32.2. The topological polar surface area (TPSA) is 86.5 Å². The van der Waals surface area contributed by atoms with Crippen molar-refractivity contribution in [3.63, 3.8) is 0 Å². The zero-order valence-corrected chi connectivity index (χ0v) is 15.1. The number of halogens is 3. The number of pyridine rings is 1. The van der Waals surface area contributed by atoms with Crippen molar-refractivity contribution in [3.05, 3.63) is 47.8 Å². The van der Waals surface area contributed by atoms with E-state index >= 15 is 0 Å². The summed E-state index contributed by atoms with van der Waals surface area (Å²) >= 11 is 4.85. The Labute approximate surface area is 153 Å². The van der Waals surface area contributed by atoms with Gasteiger partial charge in [0.05, 0.1) is 10.5 Å². The highest BCUT2D eigenvalue weighted by Gasteiger charge is 2.31. The molecular weight excluding hydrogens is 373 g/mol. The number of anilines is 1. The molecule has 136 valence electrons. The Hall–Kier alpha value is -2.07. The molecule has 10 heteroatoms. The van der Waals surface area contributed by atoms with Crippen LogP contribution in [0.2, 0.25) is 0 Å². The quantitative estimate of drug-likeness (QED) is 0.181. The summed E-state index contributed by atoms with van der Waals surface area (Å²) in [5, 5.41) is 3.60. The molecule has 0 aliphatic heterocycles. The van der Waals surface area contributed by atoms with Gasteiger partial charge in [0.15, 0.2) is 5.84 Å². The van der Waals surface area contributed by atoms with E-state index in [0.717, 1.165) is 23.0 Å². The second-order valence-electron chi connectivity index (χ2n) is 4.29. The number of rotatable bonds is 4. The van der Waals surface area contributed by atoms with Crippen LogP contribution in [0.5, 0.6) is 0 Å². The molecule has 0 radical (unpaired) electrons. The molecule has 2 aromatic rings. The van der Waals surface area contributed by atoms with Gasteiger partial charge < -0.3 is 15.8 Å². The molecular formula is C15H17F3N4OS2. The average molecular weight is 390 g/mol. The largest absolute Gasteiger partial charge is 0.417 e. The molecule has 2 rings (SSSR count). The monoisotopic (exact) mass is 390 g/mol. The number of nitrogen functional groups attached to an aromatic ring is 1. The number of nitrogens with two attached hydrogens (primary N) is 2. The van der Waals surface area contributed by atoms with E-state index < -0.39 is 11.7 Å². The van der Waals surface area contributed by atoms with Crippen molar-refractivity contribution < 1.29 is 17.5 Å². The van der Waals surface area contributed by atoms with Crippen molar-refractivity contribution >= 4 is 36.2 Å². The van der Waals surface area contributed by atoms with E-state index in [4.69, 9.17) is 15.8 Å². The molecule has 4 N–H and O–H groups in total. The van der Waals surface area contributed by atoms with Crippen LogP contribution in [0, 0.1) is 0 Å². The maximum atomic E-state index is 12.5. The number of thiol groups is 1. The predicted octanol–water partition coefficient (Wildman–Crippen LogP) is 4.34. The lowest BCUT2D eigenvalue weighted by atomic mass is 10.2. The number of amidine groups is 1. The fourth-order valence-corrected chi connectivity index (χ4v) is 2.24. The van der Waals surface area contributed by atoms with Crippen LogP contribution in [0.1, 0.15) is 25.1 Å². The van der Waals surface area contributed by atoms with Gasteiger partial charge in [0, 0.05) is 16.8 Å². The predicted molar refractivity (Wildman–Crippen MR) is 96.4 cm³/mol. The molecule has 0 aliphatic carbocycles. The van der Waals surface area contributed by atoms with E-state index in [-0.39, 0.29) is 16.4 Å². The number of benzene rings is 1. The van der Waals surface area contributed by atoms with Crippen molar-refractivity contribution in [2.75, 3.05) is 5.73 Å². The van der Waals surface area contributed by atoms with Gasteiger partial charge in [-0.05, 0) is 30.3 Å². The van der Waals surface area contributed by atoms with E-state index in [0.29, 0.717) is 11.9 Å². The highest BCUT2D eigenvalue weighted by molar-refractivity contribution is 7.94. The third-order valence-electron chi connectivity index (χ3n) is 2.59. The summed E-state index contributed by atoms with van der Waals surface area (Å²) < 4.78 is 42.6. The Bertz CT molecular complexity index is 722. The Morgan fingerprint density at radius 3 is 2.36 bits per heavy atom. The first kappa shape index (κ1) is 21.0. The maximum Gasteiger partial charge on any atom is 0.417 e. The highest BCUT2D eigenvalue weighted by Crippen LogP contribution is 2.30. The van der Waals surface area contributed by atoms with E-state index in [1.807, 2.05) is 13.8 Å². The van der Waals surface area contributed by atoms with Crippen LogP contribution >= 0.6 is 24.7 Å². The minimum atomic E-state index is -4.50. The minimum absolute atomic E-state index is 0.000704. The second kappa shape index (κ2) is 9.42. The van der Waals surface area contributed by atoms with Crippen LogP contribution in [0.3, 0.4) is 0 Å². The van der Waals surface area contributed by atoms with Gasteiger partial charge in [-0.2, -0.15) is 13.2 Å². The maximum absolute atomic E-state index is 12.5. The summed E-state index contributed by atoms with van der Waals surface area (Å²) in [7, 11) is 0. The first-order valence-electron chi connectivity index (χ1n) is 7.06. The summed E-state index contributed by atoms with van der Waals surface area (Å²) in [4.78, 5) is 4.29. The van der Waals surface area contributed by atoms with Gasteiger partial charge in [-0.25, -0.2) is 0 Å². The summed E-state index contributed by atoms with van der Waals surface area (Å²) in [6.07, 6.45) is -3.85. The standard InChI is InChI=1S/C13H11F3N4OS2.C2H6/c14-13(15,16)7-5-10(22)11(19-6-7)12(18)20-21-23-9-3-1-8(17)2-4-9;1-2/h1-6,22H,17H2,(H2,18,20);1-2H3. The number of hydrogen-bond donors (Lipinski definition) is 3. The number of hydrogen-bond acceptors (Lipinski definition) is 6. The first-order chi connectivity index (χ1) is 11.8. The number of nitrogens with zero attached hydrogens (tertiary/aromatic N) is 2. The first-order valence-corrected chi connectivity index (χ1v) is 8.25. The van der Waals surface area contributed by atoms with Crippen LogP contribution in [0.4, 0.5) is 18.9 Å². The van der Waals surface area contributed by atoms with Gasteiger partial charge in [-0.3, -0.25) is 4.98 Å². The van der Waals surface area contributed by atoms with E-state index in [9.17, 15) is 13.2 Å². The molecule has 0 aliphatic rings. The summed E-state index contributed by atoms with van der Waals surface area (Å²) in [6, 6.07) is 7.61. The van der Waals surface area contributed by atoms with Crippen LogP contribution in [0.25, 0.3) is 0 Å². The van der Waals surface area contributed by atoms with Crippen LogP contribution in [0.15, 0.2) is 51.5 Å². The molecule has 0 bridgehead atoms. The van der Waals surface area contributed by atoms with Crippen molar-refractivity contribution in [3.8, 4) is 0 Å². The van der Waals surface area contributed by atoms with Crippen molar-refractivity contribution in [2.45, 2.75) is 29.8 Å². The molecule has 0 spiro atoms. The molecule has 1 aromatic heterocycles. The van der Waals surface area contributed by atoms with Gasteiger partial charge in [0.25, 0.3) is 0 Å². The molecule has 0 fully saturated rings. The lowest BCUT2D eigenvalue weighted by molar-refractivity contribution is -0.138. The van der Waals surface area contributed by atoms with Gasteiger partial charge in [-0.15, -0.1) is 12.6 Å². The molecule has 1 aromatic carbocycles. The molecule has 1 heterocycles. The third kappa shape index (κ3) is 6.39. The Kier molecular flexibility index (Phi) is 7.91. The molecule has 5 nitrogen and oxygen atoms in total. The molecule has 0 saturated heterocycles. The van der Waals surface area contributed by atoms with Crippen molar-refractivity contribution in [1.82, 2.24) is 4.98 Å². The van der Waals surface area contributed by atoms with E-state index in [1.54, 1.807) is 24.3 Å². The SMILES string of the molecule is CC.N/C(=N\OSc1ccc(N)cc1)c1ncc(C(F)(F)F)cc1S. The summed E-state index contributed by atoms with van der Waals surface area (Å²) in [6.45, 7) is 4.00. The van der Waals surface area contributed by atoms with Gasteiger partial charge in [0.1, 0.15) is 17.7 Å². The van der Waals surface area contributed by atoms with Crippen LogP contribution < -0.4 is 11.5 Å². The zero-order chi connectivity index (χ0) is 19.0. The van der Waals surface area contributed by atoms with Crippen LogP contribution in [-0.4, -0.2) is 10.8 Å². The van der Waals surface area contributed by atoms with Gasteiger partial charge in [-0.1, -0.05) is 19.0 Å². The van der Waals surface area contributed by atoms with Crippen molar-refractivity contribution in [1.29, 1.82) is 0 Å². The van der Waals surface area contributed by atoms with E-state index in [2.05, 4.69) is 22.8 Å². The summed E-state index contributed by atoms with van der Waals surface area (Å²) in [5.41, 5.74) is 10.9. The van der Waals surface area contributed by atoms with Crippen LogP contribution in [-0.2, 0) is 10.5 Å². The smallest absolute Gasteiger partial charge is 0.399 e. The van der Waals surface area contributed by atoms with Gasteiger partial charge in [0.2, 0.25) is 0 Å².